The van der Waals surface area contributed by atoms with E-state index < -0.39 is 10.8 Å². The van der Waals surface area contributed by atoms with E-state index in [1.807, 2.05) is 36.4 Å². The molecule has 2 nitrogen and oxygen atoms in total. The Kier molecular flexibility index (Phi) is 2.79. The van der Waals surface area contributed by atoms with Crippen molar-refractivity contribution in [3.63, 3.8) is 0 Å². The minimum absolute atomic E-state index is 0.514. The van der Waals surface area contributed by atoms with Crippen molar-refractivity contribution in [1.82, 2.24) is 0 Å². The van der Waals surface area contributed by atoms with E-state index in [-0.39, 0.29) is 0 Å². The molecule has 0 fully saturated rings. The van der Waals surface area contributed by atoms with E-state index in [2.05, 4.69) is 0 Å². The summed E-state index contributed by atoms with van der Waals surface area (Å²) >= 11 is 0. The lowest BCUT2D eigenvalue weighted by Crippen LogP contribution is -1.94. The van der Waals surface area contributed by atoms with Gasteiger partial charge in [0.1, 0.15) is 0 Å². The summed E-state index contributed by atoms with van der Waals surface area (Å²) < 4.78 is 16.7. The highest BCUT2D eigenvalue weighted by molar-refractivity contribution is 7.84. The van der Waals surface area contributed by atoms with Gasteiger partial charge in [0.2, 0.25) is 0 Å². The molecule has 0 radical (unpaired) electrons. The molecule has 0 saturated heterocycles. The molecule has 2 aromatic rings. The molecule has 0 aliphatic rings. The standard InChI is InChI=1S/C11H10O2S/c12-14(9-10-6-7-13-8-10)11-4-2-1-3-5-11/h1-8H,9H2. The van der Waals surface area contributed by atoms with Gasteiger partial charge in [-0.1, -0.05) is 18.2 Å². The fraction of sp³-hybridized carbons (Fsp3) is 0.0909. The number of furan rings is 1. The Balaban J connectivity index is 2.11. The SMILES string of the molecule is O=S(Cc1ccoc1)c1ccccc1. The third kappa shape index (κ3) is 2.12. The van der Waals surface area contributed by atoms with Crippen molar-refractivity contribution in [1.29, 1.82) is 0 Å². The largest absolute Gasteiger partial charge is 0.472 e. The first-order chi connectivity index (χ1) is 6.86. The van der Waals surface area contributed by atoms with Gasteiger partial charge in [0.15, 0.2) is 0 Å². The lowest BCUT2D eigenvalue weighted by molar-refractivity contribution is 0.565. The van der Waals surface area contributed by atoms with Crippen LogP contribution in [0.15, 0.2) is 58.2 Å². The van der Waals surface area contributed by atoms with Crippen LogP contribution in [-0.4, -0.2) is 4.21 Å². The van der Waals surface area contributed by atoms with Crippen LogP contribution in [0.25, 0.3) is 0 Å². The molecule has 1 atom stereocenters. The third-order valence-corrected chi connectivity index (χ3v) is 3.28. The number of hydrogen-bond donors (Lipinski definition) is 0. The molecule has 0 aliphatic heterocycles. The molecule has 0 bridgehead atoms. The van der Waals surface area contributed by atoms with E-state index in [1.54, 1.807) is 12.5 Å². The van der Waals surface area contributed by atoms with E-state index in [9.17, 15) is 4.21 Å². The van der Waals surface area contributed by atoms with Crippen LogP contribution in [0, 0.1) is 0 Å². The van der Waals surface area contributed by atoms with Gasteiger partial charge in [-0.25, -0.2) is 0 Å². The molecule has 0 aliphatic carbocycles. The summed E-state index contributed by atoms with van der Waals surface area (Å²) in [5.74, 6) is 0.514. The van der Waals surface area contributed by atoms with Gasteiger partial charge in [0.05, 0.1) is 29.1 Å². The first kappa shape index (κ1) is 9.21. The topological polar surface area (TPSA) is 30.2 Å². The molecule has 0 saturated carbocycles. The Labute approximate surface area is 85.0 Å². The Morgan fingerprint density at radius 1 is 1.14 bits per heavy atom. The molecule has 3 heteroatoms. The van der Waals surface area contributed by atoms with Gasteiger partial charge >= 0.3 is 0 Å². The van der Waals surface area contributed by atoms with Crippen molar-refractivity contribution in [2.45, 2.75) is 10.6 Å². The van der Waals surface area contributed by atoms with Crippen molar-refractivity contribution in [2.75, 3.05) is 0 Å². The van der Waals surface area contributed by atoms with Crippen LogP contribution in [0.5, 0.6) is 0 Å². The van der Waals surface area contributed by atoms with Gasteiger partial charge in [0, 0.05) is 10.5 Å². The minimum atomic E-state index is -0.973. The monoisotopic (exact) mass is 206 g/mol. The molecule has 72 valence electrons. The molecule has 1 aromatic heterocycles. The Morgan fingerprint density at radius 3 is 2.57 bits per heavy atom. The van der Waals surface area contributed by atoms with Crippen molar-refractivity contribution in [2.24, 2.45) is 0 Å². The highest BCUT2D eigenvalue weighted by Crippen LogP contribution is 2.11. The molecule has 0 spiro atoms. The molecule has 14 heavy (non-hydrogen) atoms. The number of hydrogen-bond acceptors (Lipinski definition) is 2. The quantitative estimate of drug-likeness (QED) is 0.772. The molecule has 0 amide bonds. The first-order valence-corrected chi connectivity index (χ1v) is 5.62. The van der Waals surface area contributed by atoms with Crippen molar-refractivity contribution in [3.05, 3.63) is 54.5 Å². The maximum atomic E-state index is 11.8. The maximum absolute atomic E-state index is 11.8. The molecule has 1 heterocycles. The highest BCUT2D eigenvalue weighted by atomic mass is 32.2. The zero-order valence-electron chi connectivity index (χ0n) is 7.55. The first-order valence-electron chi connectivity index (χ1n) is 4.31. The van der Waals surface area contributed by atoms with Crippen LogP contribution in [0.3, 0.4) is 0 Å². The minimum Gasteiger partial charge on any atom is -0.472 e. The van der Waals surface area contributed by atoms with Crippen LogP contribution in [0.2, 0.25) is 0 Å². The number of benzene rings is 1. The van der Waals surface area contributed by atoms with E-state index in [0.717, 1.165) is 10.5 Å². The van der Waals surface area contributed by atoms with Crippen molar-refractivity contribution >= 4 is 10.8 Å². The van der Waals surface area contributed by atoms with Crippen molar-refractivity contribution in [3.8, 4) is 0 Å². The van der Waals surface area contributed by atoms with Crippen LogP contribution >= 0.6 is 0 Å². The summed E-state index contributed by atoms with van der Waals surface area (Å²) in [5.41, 5.74) is 0.965. The molecule has 2 rings (SSSR count). The lowest BCUT2D eigenvalue weighted by Gasteiger charge is -1.98. The Hall–Kier alpha value is -1.35. The second-order valence-corrected chi connectivity index (χ2v) is 4.39. The van der Waals surface area contributed by atoms with Gasteiger partial charge in [-0.15, -0.1) is 0 Å². The lowest BCUT2D eigenvalue weighted by atomic mass is 10.4. The maximum Gasteiger partial charge on any atom is 0.0943 e. The van der Waals surface area contributed by atoms with E-state index in [4.69, 9.17) is 4.42 Å². The van der Waals surface area contributed by atoms with Crippen molar-refractivity contribution < 1.29 is 8.63 Å². The van der Waals surface area contributed by atoms with E-state index in [0.29, 0.717) is 5.75 Å². The molecule has 0 N–H and O–H groups in total. The number of rotatable bonds is 3. The highest BCUT2D eigenvalue weighted by Gasteiger charge is 2.04. The molecule has 1 unspecified atom stereocenters. The smallest absolute Gasteiger partial charge is 0.0943 e. The molecular formula is C11H10O2S. The summed E-state index contributed by atoms with van der Waals surface area (Å²) in [6, 6.07) is 11.3. The molecule has 1 aromatic carbocycles. The van der Waals surface area contributed by atoms with Crippen LogP contribution in [0.4, 0.5) is 0 Å². The van der Waals surface area contributed by atoms with Gasteiger partial charge in [-0.3, -0.25) is 4.21 Å². The summed E-state index contributed by atoms with van der Waals surface area (Å²) in [6.45, 7) is 0. The fourth-order valence-corrected chi connectivity index (χ4v) is 2.28. The van der Waals surface area contributed by atoms with E-state index >= 15 is 0 Å². The summed E-state index contributed by atoms with van der Waals surface area (Å²) in [6.07, 6.45) is 3.22. The average Bonchev–Trinajstić information content (AvgIpc) is 2.72. The Bertz CT molecular complexity index is 406. The predicted molar refractivity (Wildman–Crippen MR) is 55.3 cm³/mol. The van der Waals surface area contributed by atoms with Gasteiger partial charge in [0.25, 0.3) is 0 Å². The van der Waals surface area contributed by atoms with Crippen LogP contribution < -0.4 is 0 Å². The second-order valence-electron chi connectivity index (χ2n) is 2.93. The molecular weight excluding hydrogens is 196 g/mol. The van der Waals surface area contributed by atoms with Crippen LogP contribution in [-0.2, 0) is 16.6 Å². The summed E-state index contributed by atoms with van der Waals surface area (Å²) in [4.78, 5) is 0.855. The van der Waals surface area contributed by atoms with E-state index in [1.165, 1.54) is 0 Å². The fourth-order valence-electron chi connectivity index (χ4n) is 1.18. The third-order valence-electron chi connectivity index (χ3n) is 1.88. The normalized spacial score (nSPS) is 12.6. The summed E-state index contributed by atoms with van der Waals surface area (Å²) in [5, 5.41) is 0. The van der Waals surface area contributed by atoms with Crippen LogP contribution in [0.1, 0.15) is 5.56 Å². The predicted octanol–water partition coefficient (Wildman–Crippen LogP) is 2.59. The van der Waals surface area contributed by atoms with Gasteiger partial charge in [-0.05, 0) is 18.2 Å². The average molecular weight is 206 g/mol. The zero-order chi connectivity index (χ0) is 9.80. The zero-order valence-corrected chi connectivity index (χ0v) is 8.37. The van der Waals surface area contributed by atoms with Gasteiger partial charge in [-0.2, -0.15) is 0 Å². The van der Waals surface area contributed by atoms with Gasteiger partial charge < -0.3 is 4.42 Å². The Morgan fingerprint density at radius 2 is 1.93 bits per heavy atom. The summed E-state index contributed by atoms with van der Waals surface area (Å²) in [7, 11) is -0.973. The second kappa shape index (κ2) is 4.24.